The van der Waals surface area contributed by atoms with Crippen molar-refractivity contribution in [2.24, 2.45) is 0 Å². The van der Waals surface area contributed by atoms with Crippen LogP contribution in [0.25, 0.3) is 0 Å². The molecule has 1 aliphatic carbocycles. The largest absolute Gasteiger partial charge is 0.446 e. The van der Waals surface area contributed by atoms with E-state index < -0.39 is 16.3 Å². The minimum atomic E-state index is -3.95. The van der Waals surface area contributed by atoms with Crippen LogP contribution in [0.1, 0.15) is 25.7 Å². The Kier molecular flexibility index (Phi) is 4.26. The molecular weight excluding hydrogens is 268 g/mol. The molecule has 1 saturated carbocycles. The van der Waals surface area contributed by atoms with Gasteiger partial charge in [-0.25, -0.2) is 9.52 Å². The molecule has 1 fully saturated rings. The third-order valence-corrected chi connectivity index (χ3v) is 3.76. The third kappa shape index (κ3) is 4.44. The lowest BCUT2D eigenvalue weighted by Gasteiger charge is -2.13. The summed E-state index contributed by atoms with van der Waals surface area (Å²) in [4.78, 5) is 11.5. The molecule has 0 bridgehead atoms. The number of anilines is 1. The first-order valence-electron chi connectivity index (χ1n) is 6.11. The van der Waals surface area contributed by atoms with Gasteiger partial charge in [0.2, 0.25) is 0 Å². The van der Waals surface area contributed by atoms with Crippen LogP contribution in [-0.4, -0.2) is 20.6 Å². The Balaban J connectivity index is 1.88. The fourth-order valence-electron chi connectivity index (χ4n) is 1.98. The maximum atomic E-state index is 11.7. The van der Waals surface area contributed by atoms with E-state index in [0.29, 0.717) is 5.69 Å². The van der Waals surface area contributed by atoms with Gasteiger partial charge in [-0.3, -0.25) is 4.72 Å². The van der Waals surface area contributed by atoms with Crippen molar-refractivity contribution in [3.63, 3.8) is 0 Å². The van der Waals surface area contributed by atoms with Crippen molar-refractivity contribution in [1.29, 1.82) is 0 Å². The number of hydrogen-bond donors (Lipinski definition) is 2. The summed E-state index contributed by atoms with van der Waals surface area (Å²) in [6.07, 6.45) is 2.49. The topological polar surface area (TPSA) is 84.5 Å². The lowest BCUT2D eigenvalue weighted by Crippen LogP contribution is -2.37. The second kappa shape index (κ2) is 5.92. The van der Waals surface area contributed by atoms with Crippen molar-refractivity contribution < 1.29 is 17.9 Å². The summed E-state index contributed by atoms with van der Waals surface area (Å²) in [5.74, 6) is 0. The van der Waals surface area contributed by atoms with Crippen LogP contribution in [0, 0.1) is 0 Å². The standard InChI is InChI=1S/C12H16N2O4S/c15-12(18-11-8-4-5-9-11)14-19(16,17)13-10-6-2-1-3-7-10/h1-3,6-7,11,13H,4-5,8-9H2,(H,14,15). The molecule has 0 aromatic heterocycles. The van der Waals surface area contributed by atoms with Gasteiger partial charge in [-0.2, -0.15) is 8.42 Å². The van der Waals surface area contributed by atoms with Gasteiger partial charge in [-0.1, -0.05) is 18.2 Å². The lowest BCUT2D eigenvalue weighted by molar-refractivity contribution is 0.106. The molecule has 1 aliphatic rings. The predicted molar refractivity (Wildman–Crippen MR) is 70.9 cm³/mol. The van der Waals surface area contributed by atoms with Crippen molar-refractivity contribution in [3.05, 3.63) is 30.3 Å². The molecule has 0 heterocycles. The van der Waals surface area contributed by atoms with Crippen LogP contribution in [0.4, 0.5) is 10.5 Å². The molecule has 1 aromatic carbocycles. The van der Waals surface area contributed by atoms with Gasteiger partial charge in [0.15, 0.2) is 0 Å². The van der Waals surface area contributed by atoms with Gasteiger partial charge < -0.3 is 4.74 Å². The first-order valence-corrected chi connectivity index (χ1v) is 7.60. The van der Waals surface area contributed by atoms with Crippen LogP contribution in [0.15, 0.2) is 30.3 Å². The van der Waals surface area contributed by atoms with Crippen LogP contribution in [0.5, 0.6) is 0 Å². The number of amides is 1. The number of para-hydroxylation sites is 1. The molecule has 2 rings (SSSR count). The maximum Gasteiger partial charge on any atom is 0.422 e. The summed E-state index contributed by atoms with van der Waals surface area (Å²) in [7, 11) is -3.95. The average Bonchev–Trinajstić information content (AvgIpc) is 2.81. The van der Waals surface area contributed by atoms with Crippen LogP contribution in [-0.2, 0) is 14.9 Å². The highest BCUT2D eigenvalue weighted by molar-refractivity contribution is 7.91. The third-order valence-electron chi connectivity index (χ3n) is 2.82. The fraction of sp³-hybridized carbons (Fsp3) is 0.417. The summed E-state index contributed by atoms with van der Waals surface area (Å²) >= 11 is 0. The molecule has 0 aliphatic heterocycles. The molecule has 2 N–H and O–H groups in total. The van der Waals surface area contributed by atoms with Gasteiger partial charge in [-0.05, 0) is 37.8 Å². The first-order chi connectivity index (χ1) is 9.05. The second-order valence-electron chi connectivity index (χ2n) is 4.39. The molecule has 6 nitrogen and oxygen atoms in total. The van der Waals surface area contributed by atoms with Gasteiger partial charge in [0, 0.05) is 0 Å². The Hall–Kier alpha value is -1.76. The van der Waals surface area contributed by atoms with E-state index in [2.05, 4.69) is 4.72 Å². The minimum Gasteiger partial charge on any atom is -0.446 e. The Morgan fingerprint density at radius 2 is 1.79 bits per heavy atom. The Morgan fingerprint density at radius 3 is 2.42 bits per heavy atom. The van der Waals surface area contributed by atoms with Gasteiger partial charge in [0.05, 0.1) is 5.69 Å². The van der Waals surface area contributed by atoms with Crippen molar-refractivity contribution in [1.82, 2.24) is 4.72 Å². The van der Waals surface area contributed by atoms with Crippen LogP contribution >= 0.6 is 0 Å². The summed E-state index contributed by atoms with van der Waals surface area (Å²) in [5.41, 5.74) is 0.378. The summed E-state index contributed by atoms with van der Waals surface area (Å²) in [6.45, 7) is 0. The quantitative estimate of drug-likeness (QED) is 0.885. The van der Waals surface area contributed by atoms with Gasteiger partial charge in [0.25, 0.3) is 0 Å². The molecule has 19 heavy (non-hydrogen) atoms. The van der Waals surface area contributed by atoms with Crippen LogP contribution in [0.2, 0.25) is 0 Å². The van der Waals surface area contributed by atoms with Crippen molar-refractivity contribution in [3.8, 4) is 0 Å². The Bertz CT molecular complexity index is 524. The van der Waals surface area contributed by atoms with E-state index in [0.717, 1.165) is 25.7 Å². The van der Waals surface area contributed by atoms with E-state index in [9.17, 15) is 13.2 Å². The Labute approximate surface area is 112 Å². The van der Waals surface area contributed by atoms with Gasteiger partial charge in [-0.15, -0.1) is 0 Å². The number of carbonyl (C=O) groups is 1. The number of hydrogen-bond acceptors (Lipinski definition) is 4. The molecule has 1 aromatic rings. The molecule has 0 atom stereocenters. The molecule has 0 unspecified atom stereocenters. The lowest BCUT2D eigenvalue weighted by atomic mass is 10.3. The van der Waals surface area contributed by atoms with Crippen LogP contribution in [0.3, 0.4) is 0 Å². The second-order valence-corrected chi connectivity index (χ2v) is 5.80. The molecule has 1 amide bonds. The molecule has 0 saturated heterocycles. The van der Waals surface area contributed by atoms with Gasteiger partial charge >= 0.3 is 16.3 Å². The molecule has 0 spiro atoms. The number of ether oxygens (including phenoxy) is 1. The smallest absolute Gasteiger partial charge is 0.422 e. The van der Waals surface area contributed by atoms with E-state index in [1.807, 2.05) is 4.72 Å². The summed E-state index contributed by atoms with van der Waals surface area (Å²) in [6, 6.07) is 8.31. The summed E-state index contributed by atoms with van der Waals surface area (Å²) < 4.78 is 32.4. The van der Waals surface area contributed by atoms with E-state index in [-0.39, 0.29) is 6.10 Å². The van der Waals surface area contributed by atoms with E-state index in [4.69, 9.17) is 4.74 Å². The number of carbonyl (C=O) groups excluding carboxylic acids is 1. The predicted octanol–water partition coefficient (Wildman–Crippen LogP) is 2.01. The van der Waals surface area contributed by atoms with E-state index in [1.54, 1.807) is 30.3 Å². The molecule has 104 valence electrons. The highest BCUT2D eigenvalue weighted by Gasteiger charge is 2.22. The van der Waals surface area contributed by atoms with Crippen LogP contribution < -0.4 is 9.44 Å². The molecule has 7 heteroatoms. The highest BCUT2D eigenvalue weighted by atomic mass is 32.2. The van der Waals surface area contributed by atoms with E-state index in [1.165, 1.54) is 0 Å². The average molecular weight is 284 g/mol. The zero-order chi connectivity index (χ0) is 13.7. The molecule has 0 radical (unpaired) electrons. The SMILES string of the molecule is O=C(NS(=O)(=O)Nc1ccccc1)OC1CCCC1. The fourth-order valence-corrected chi connectivity index (χ4v) is 2.74. The number of nitrogens with one attached hydrogen (secondary N) is 2. The van der Waals surface area contributed by atoms with Crippen molar-refractivity contribution in [2.75, 3.05) is 4.72 Å². The highest BCUT2D eigenvalue weighted by Crippen LogP contribution is 2.20. The number of rotatable bonds is 4. The Morgan fingerprint density at radius 1 is 1.16 bits per heavy atom. The van der Waals surface area contributed by atoms with E-state index >= 15 is 0 Å². The van der Waals surface area contributed by atoms with Crippen molar-refractivity contribution >= 4 is 22.0 Å². The zero-order valence-electron chi connectivity index (χ0n) is 10.3. The zero-order valence-corrected chi connectivity index (χ0v) is 11.2. The van der Waals surface area contributed by atoms with Gasteiger partial charge in [0.1, 0.15) is 6.10 Å². The maximum absolute atomic E-state index is 11.7. The van der Waals surface area contributed by atoms with Crippen molar-refractivity contribution in [2.45, 2.75) is 31.8 Å². The minimum absolute atomic E-state index is 0.174. The summed E-state index contributed by atoms with van der Waals surface area (Å²) in [5, 5.41) is 0. The number of benzene rings is 1. The normalized spacial score (nSPS) is 16.0. The first kappa shape index (κ1) is 13.7. The monoisotopic (exact) mass is 284 g/mol. The molecular formula is C12H16N2O4S.